The summed E-state index contributed by atoms with van der Waals surface area (Å²) >= 11 is 0. The number of aromatic nitrogens is 2. The maximum atomic E-state index is 4.64. The number of rotatable bonds is 4. The van der Waals surface area contributed by atoms with E-state index in [1.807, 2.05) is 11.7 Å². The molecule has 2 rings (SSSR count). The van der Waals surface area contributed by atoms with Crippen LogP contribution in [-0.4, -0.2) is 40.9 Å². The molecule has 1 aromatic heterocycles. The third-order valence-electron chi connectivity index (χ3n) is 3.75. The van der Waals surface area contributed by atoms with Crippen LogP contribution >= 0.6 is 0 Å². The van der Waals surface area contributed by atoms with Gasteiger partial charge in [-0.15, -0.1) is 0 Å². The van der Waals surface area contributed by atoms with E-state index < -0.39 is 0 Å². The second kappa shape index (κ2) is 5.63. The quantitative estimate of drug-likeness (QED) is 0.901. The third kappa shape index (κ3) is 3.80. The van der Waals surface area contributed by atoms with E-state index in [0.29, 0.717) is 6.04 Å². The Morgan fingerprint density at radius 2 is 2.21 bits per heavy atom. The summed E-state index contributed by atoms with van der Waals surface area (Å²) in [6, 6.07) is 0.666. The molecule has 0 aromatic carbocycles. The van der Waals surface area contributed by atoms with Crippen molar-refractivity contribution in [2.24, 2.45) is 7.05 Å². The number of aryl methyl sites for hydroxylation is 1. The Morgan fingerprint density at radius 3 is 2.79 bits per heavy atom. The second-order valence-electron chi connectivity index (χ2n) is 6.92. The number of nitrogens with one attached hydrogen (secondary N) is 1. The molecule has 1 fully saturated rings. The SMILES string of the molecule is CN(Cc1cn(C)nc1C(C)(C)C)CC1CCCN1. The van der Waals surface area contributed by atoms with Crippen molar-refractivity contribution in [1.82, 2.24) is 20.0 Å². The van der Waals surface area contributed by atoms with E-state index >= 15 is 0 Å². The maximum absolute atomic E-state index is 4.64. The van der Waals surface area contributed by atoms with Crippen molar-refractivity contribution in [3.8, 4) is 0 Å². The van der Waals surface area contributed by atoms with Gasteiger partial charge in [-0.2, -0.15) is 5.10 Å². The average Bonchev–Trinajstić information content (AvgIpc) is 2.87. The van der Waals surface area contributed by atoms with Gasteiger partial charge in [-0.3, -0.25) is 4.68 Å². The van der Waals surface area contributed by atoms with E-state index in [9.17, 15) is 0 Å². The van der Waals surface area contributed by atoms with Gasteiger partial charge in [-0.05, 0) is 26.4 Å². The predicted octanol–water partition coefficient (Wildman–Crippen LogP) is 1.90. The van der Waals surface area contributed by atoms with Crippen molar-refractivity contribution in [3.05, 3.63) is 17.5 Å². The second-order valence-corrected chi connectivity index (χ2v) is 6.92. The highest BCUT2D eigenvalue weighted by atomic mass is 15.3. The van der Waals surface area contributed by atoms with Crippen LogP contribution in [0.25, 0.3) is 0 Å². The molecule has 1 N–H and O–H groups in total. The van der Waals surface area contributed by atoms with Crippen molar-refractivity contribution in [1.29, 1.82) is 0 Å². The molecular formula is C15H28N4. The largest absolute Gasteiger partial charge is 0.313 e. The van der Waals surface area contributed by atoms with E-state index in [4.69, 9.17) is 0 Å². The topological polar surface area (TPSA) is 33.1 Å². The summed E-state index contributed by atoms with van der Waals surface area (Å²) in [6.45, 7) is 9.99. The van der Waals surface area contributed by atoms with Crippen LogP contribution in [0.2, 0.25) is 0 Å². The molecule has 2 heterocycles. The number of hydrogen-bond acceptors (Lipinski definition) is 3. The molecule has 1 saturated heterocycles. The minimum atomic E-state index is 0.114. The van der Waals surface area contributed by atoms with Crippen molar-refractivity contribution in [2.75, 3.05) is 20.1 Å². The van der Waals surface area contributed by atoms with Crippen LogP contribution in [0.15, 0.2) is 6.20 Å². The molecule has 1 aliphatic heterocycles. The van der Waals surface area contributed by atoms with Crippen LogP contribution in [-0.2, 0) is 19.0 Å². The molecule has 0 saturated carbocycles. The standard InChI is InChI=1S/C15H28N4/c1-15(2,3)14-12(10-19(5)17-14)9-18(4)11-13-7-6-8-16-13/h10,13,16H,6-9,11H2,1-5H3. The molecule has 0 spiro atoms. The molecule has 4 heteroatoms. The zero-order valence-corrected chi connectivity index (χ0v) is 13.0. The first kappa shape index (κ1) is 14.5. The summed E-state index contributed by atoms with van der Waals surface area (Å²) < 4.78 is 1.94. The van der Waals surface area contributed by atoms with Gasteiger partial charge in [0.05, 0.1) is 5.69 Å². The van der Waals surface area contributed by atoms with E-state index in [1.165, 1.54) is 30.6 Å². The lowest BCUT2D eigenvalue weighted by Gasteiger charge is -2.23. The van der Waals surface area contributed by atoms with Crippen LogP contribution in [0.4, 0.5) is 0 Å². The summed E-state index contributed by atoms with van der Waals surface area (Å²) in [7, 11) is 4.22. The minimum Gasteiger partial charge on any atom is -0.313 e. The van der Waals surface area contributed by atoms with Crippen molar-refractivity contribution >= 4 is 0 Å². The Bertz CT molecular complexity index is 410. The summed E-state index contributed by atoms with van der Waals surface area (Å²) in [5, 5.41) is 8.20. The number of likely N-dealkylation sites (N-methyl/N-ethyl adjacent to an activating group) is 1. The molecule has 1 aliphatic rings. The highest BCUT2D eigenvalue weighted by molar-refractivity contribution is 5.23. The third-order valence-corrected chi connectivity index (χ3v) is 3.75. The molecule has 1 unspecified atom stereocenters. The molecule has 0 aliphatic carbocycles. The lowest BCUT2D eigenvalue weighted by molar-refractivity contribution is 0.291. The van der Waals surface area contributed by atoms with E-state index in [1.54, 1.807) is 0 Å². The highest BCUT2D eigenvalue weighted by Gasteiger charge is 2.23. The molecule has 4 nitrogen and oxygen atoms in total. The smallest absolute Gasteiger partial charge is 0.0722 e. The minimum absolute atomic E-state index is 0.114. The van der Waals surface area contributed by atoms with E-state index in [2.05, 4.69) is 49.3 Å². The van der Waals surface area contributed by atoms with Gasteiger partial charge in [0.2, 0.25) is 0 Å². The van der Waals surface area contributed by atoms with Gasteiger partial charge in [0.25, 0.3) is 0 Å². The molecule has 0 amide bonds. The summed E-state index contributed by atoms with van der Waals surface area (Å²) in [5.74, 6) is 0. The normalized spacial score (nSPS) is 20.4. The van der Waals surface area contributed by atoms with Crippen LogP contribution in [0.3, 0.4) is 0 Å². The predicted molar refractivity (Wildman–Crippen MR) is 79.3 cm³/mol. The van der Waals surface area contributed by atoms with Crippen LogP contribution in [0.1, 0.15) is 44.9 Å². The Hall–Kier alpha value is -0.870. The Balaban J connectivity index is 2.01. The summed E-state index contributed by atoms with van der Waals surface area (Å²) in [4.78, 5) is 2.41. The first-order valence-electron chi connectivity index (χ1n) is 7.31. The van der Waals surface area contributed by atoms with Crippen molar-refractivity contribution in [2.45, 2.75) is 51.6 Å². The molecule has 0 bridgehead atoms. The molecule has 1 aromatic rings. The average molecular weight is 264 g/mol. The van der Waals surface area contributed by atoms with Crippen molar-refractivity contribution < 1.29 is 0 Å². The Kier molecular flexibility index (Phi) is 4.31. The van der Waals surface area contributed by atoms with Crippen LogP contribution in [0, 0.1) is 0 Å². The van der Waals surface area contributed by atoms with Gasteiger partial charge in [0.1, 0.15) is 0 Å². The van der Waals surface area contributed by atoms with Crippen LogP contribution in [0.5, 0.6) is 0 Å². The fraction of sp³-hybridized carbons (Fsp3) is 0.800. The lowest BCUT2D eigenvalue weighted by atomic mass is 9.89. The maximum Gasteiger partial charge on any atom is 0.0722 e. The number of hydrogen-bond donors (Lipinski definition) is 1. The highest BCUT2D eigenvalue weighted by Crippen LogP contribution is 2.25. The Labute approximate surface area is 117 Å². The van der Waals surface area contributed by atoms with Gasteiger partial charge in [-0.1, -0.05) is 20.8 Å². The molecule has 19 heavy (non-hydrogen) atoms. The monoisotopic (exact) mass is 264 g/mol. The molecule has 0 radical (unpaired) electrons. The molecule has 108 valence electrons. The summed E-state index contributed by atoms with van der Waals surface area (Å²) in [6.07, 6.45) is 4.79. The molecular weight excluding hydrogens is 236 g/mol. The Morgan fingerprint density at radius 1 is 1.47 bits per heavy atom. The van der Waals surface area contributed by atoms with Crippen molar-refractivity contribution in [3.63, 3.8) is 0 Å². The van der Waals surface area contributed by atoms with E-state index in [-0.39, 0.29) is 5.41 Å². The zero-order chi connectivity index (χ0) is 14.0. The summed E-state index contributed by atoms with van der Waals surface area (Å²) in [5.41, 5.74) is 2.69. The first-order chi connectivity index (χ1) is 8.86. The van der Waals surface area contributed by atoms with Gasteiger partial charge in [0, 0.05) is 43.4 Å². The van der Waals surface area contributed by atoms with Gasteiger partial charge in [-0.25, -0.2) is 0 Å². The number of nitrogens with zero attached hydrogens (tertiary/aromatic N) is 3. The van der Waals surface area contributed by atoms with Gasteiger partial charge >= 0.3 is 0 Å². The fourth-order valence-corrected chi connectivity index (χ4v) is 2.93. The fourth-order valence-electron chi connectivity index (χ4n) is 2.93. The van der Waals surface area contributed by atoms with Gasteiger partial charge < -0.3 is 10.2 Å². The van der Waals surface area contributed by atoms with Gasteiger partial charge in [0.15, 0.2) is 0 Å². The first-order valence-corrected chi connectivity index (χ1v) is 7.31. The van der Waals surface area contributed by atoms with E-state index in [0.717, 1.165) is 13.1 Å². The lowest BCUT2D eigenvalue weighted by Crippen LogP contribution is -2.35. The van der Waals surface area contributed by atoms with Crippen LogP contribution < -0.4 is 5.32 Å². The zero-order valence-electron chi connectivity index (χ0n) is 13.0. The molecule has 1 atom stereocenters.